The first-order valence-corrected chi connectivity index (χ1v) is 7.01. The lowest BCUT2D eigenvalue weighted by Crippen LogP contribution is -2.07. The van der Waals surface area contributed by atoms with Gasteiger partial charge >= 0.3 is 0 Å². The molecule has 1 aliphatic rings. The molecule has 3 heteroatoms. The van der Waals surface area contributed by atoms with E-state index in [9.17, 15) is 0 Å². The highest BCUT2D eigenvalue weighted by molar-refractivity contribution is 5.57. The molecule has 0 aliphatic heterocycles. The summed E-state index contributed by atoms with van der Waals surface area (Å²) in [7, 11) is 0. The van der Waals surface area contributed by atoms with Crippen molar-refractivity contribution in [3.05, 3.63) is 64.2 Å². The van der Waals surface area contributed by atoms with Crippen LogP contribution < -0.4 is 5.32 Å². The van der Waals surface area contributed by atoms with Crippen molar-refractivity contribution in [2.75, 3.05) is 5.32 Å². The molecule has 0 spiro atoms. The molecule has 0 saturated carbocycles. The maximum atomic E-state index is 9.10. The second kappa shape index (κ2) is 5.31. The standard InChI is InChI=1S/C18H15N3/c1-12-2-3-13-5-7-18(17(13)8-12)21-16-6-4-14(10-19)15(9-16)11-20/h2-4,6,8-9,18,21H,5,7H2,1H3. The van der Waals surface area contributed by atoms with Crippen molar-refractivity contribution in [1.29, 1.82) is 10.5 Å². The van der Waals surface area contributed by atoms with Crippen molar-refractivity contribution in [1.82, 2.24) is 0 Å². The van der Waals surface area contributed by atoms with Crippen molar-refractivity contribution >= 4 is 5.69 Å². The molecule has 0 bridgehead atoms. The Morgan fingerprint density at radius 3 is 2.62 bits per heavy atom. The van der Waals surface area contributed by atoms with Crippen LogP contribution in [0.3, 0.4) is 0 Å². The molecule has 0 aromatic heterocycles. The molecule has 2 aromatic carbocycles. The molecule has 0 radical (unpaired) electrons. The average molecular weight is 273 g/mol. The summed E-state index contributed by atoms with van der Waals surface area (Å²) >= 11 is 0. The Balaban J connectivity index is 1.89. The summed E-state index contributed by atoms with van der Waals surface area (Å²) in [5, 5.41) is 21.6. The van der Waals surface area contributed by atoms with E-state index in [1.165, 1.54) is 16.7 Å². The zero-order valence-corrected chi connectivity index (χ0v) is 11.9. The molecule has 0 fully saturated rings. The minimum absolute atomic E-state index is 0.277. The molecule has 0 saturated heterocycles. The van der Waals surface area contributed by atoms with E-state index in [-0.39, 0.29) is 6.04 Å². The van der Waals surface area contributed by atoms with E-state index < -0.39 is 0 Å². The molecular formula is C18H15N3. The molecule has 3 nitrogen and oxygen atoms in total. The van der Waals surface area contributed by atoms with Gasteiger partial charge in [0.25, 0.3) is 0 Å². The summed E-state index contributed by atoms with van der Waals surface area (Å²) in [6.07, 6.45) is 2.13. The number of rotatable bonds is 2. The second-order valence-corrected chi connectivity index (χ2v) is 5.42. The molecule has 102 valence electrons. The highest BCUT2D eigenvalue weighted by Crippen LogP contribution is 2.34. The van der Waals surface area contributed by atoms with E-state index >= 15 is 0 Å². The van der Waals surface area contributed by atoms with Crippen LogP contribution in [0.1, 0.15) is 40.3 Å². The van der Waals surface area contributed by atoms with E-state index in [1.54, 1.807) is 12.1 Å². The first kappa shape index (κ1) is 13.2. The van der Waals surface area contributed by atoms with Gasteiger partial charge in [-0.25, -0.2) is 0 Å². The number of nitrogens with zero attached hydrogens (tertiary/aromatic N) is 2. The fourth-order valence-corrected chi connectivity index (χ4v) is 2.90. The molecule has 2 aromatic rings. The summed E-state index contributed by atoms with van der Waals surface area (Å²) in [5.74, 6) is 0. The first-order chi connectivity index (χ1) is 10.2. The van der Waals surface area contributed by atoms with E-state index in [1.807, 2.05) is 12.1 Å². The first-order valence-electron chi connectivity index (χ1n) is 7.01. The molecule has 1 atom stereocenters. The normalized spacial score (nSPS) is 15.9. The Hall–Kier alpha value is -2.78. The molecular weight excluding hydrogens is 258 g/mol. The average Bonchev–Trinajstić information content (AvgIpc) is 2.89. The number of nitrogens with one attached hydrogen (secondary N) is 1. The van der Waals surface area contributed by atoms with Gasteiger partial charge in [0.05, 0.1) is 17.2 Å². The van der Waals surface area contributed by atoms with Crippen LogP contribution >= 0.6 is 0 Å². The Labute approximate surface area is 124 Å². The number of nitriles is 2. The smallest absolute Gasteiger partial charge is 0.101 e. The highest BCUT2D eigenvalue weighted by Gasteiger charge is 2.22. The number of benzene rings is 2. The van der Waals surface area contributed by atoms with E-state index in [2.05, 4.69) is 36.5 Å². The lowest BCUT2D eigenvalue weighted by Gasteiger charge is -2.16. The molecule has 21 heavy (non-hydrogen) atoms. The van der Waals surface area contributed by atoms with E-state index in [0.29, 0.717) is 11.1 Å². The third-order valence-corrected chi connectivity index (χ3v) is 3.98. The van der Waals surface area contributed by atoms with Crippen LogP contribution in [0.2, 0.25) is 0 Å². The van der Waals surface area contributed by atoms with Crippen LogP contribution in [0.25, 0.3) is 0 Å². The van der Waals surface area contributed by atoms with Crippen molar-refractivity contribution in [3.8, 4) is 12.1 Å². The fourth-order valence-electron chi connectivity index (χ4n) is 2.90. The summed E-state index contributed by atoms with van der Waals surface area (Å²) in [4.78, 5) is 0. The van der Waals surface area contributed by atoms with Gasteiger partial charge in [0.1, 0.15) is 12.1 Å². The van der Waals surface area contributed by atoms with Crippen LogP contribution in [-0.2, 0) is 6.42 Å². The highest BCUT2D eigenvalue weighted by atomic mass is 14.9. The summed E-state index contributed by atoms with van der Waals surface area (Å²) in [6.45, 7) is 2.10. The fraction of sp³-hybridized carbons (Fsp3) is 0.222. The van der Waals surface area contributed by atoms with Gasteiger partial charge < -0.3 is 5.32 Å². The number of hydrogen-bond acceptors (Lipinski definition) is 3. The third-order valence-electron chi connectivity index (χ3n) is 3.98. The van der Waals surface area contributed by atoms with Crippen LogP contribution in [0.5, 0.6) is 0 Å². The second-order valence-electron chi connectivity index (χ2n) is 5.42. The van der Waals surface area contributed by atoms with Crippen molar-refractivity contribution < 1.29 is 0 Å². The van der Waals surface area contributed by atoms with Crippen LogP contribution in [0, 0.1) is 29.6 Å². The van der Waals surface area contributed by atoms with Gasteiger partial charge in [0.2, 0.25) is 0 Å². The zero-order valence-electron chi connectivity index (χ0n) is 11.9. The molecule has 1 unspecified atom stereocenters. The Morgan fingerprint density at radius 2 is 1.86 bits per heavy atom. The van der Waals surface area contributed by atoms with Crippen LogP contribution in [0.4, 0.5) is 5.69 Å². The minimum Gasteiger partial charge on any atom is -0.378 e. The predicted octanol–water partition coefficient (Wildman–Crippen LogP) is 3.84. The minimum atomic E-state index is 0.277. The summed E-state index contributed by atoms with van der Waals surface area (Å²) < 4.78 is 0. The largest absolute Gasteiger partial charge is 0.378 e. The van der Waals surface area contributed by atoms with E-state index in [4.69, 9.17) is 10.5 Å². The number of anilines is 1. The Bertz CT molecular complexity index is 778. The molecule has 3 rings (SSSR count). The summed E-state index contributed by atoms with van der Waals surface area (Å²) in [5.41, 5.74) is 5.74. The summed E-state index contributed by atoms with van der Waals surface area (Å²) in [6, 6.07) is 16.3. The van der Waals surface area contributed by atoms with Crippen LogP contribution in [-0.4, -0.2) is 0 Å². The third kappa shape index (κ3) is 2.47. The monoisotopic (exact) mass is 273 g/mol. The van der Waals surface area contributed by atoms with Gasteiger partial charge in [0, 0.05) is 5.69 Å². The quantitative estimate of drug-likeness (QED) is 0.904. The number of aryl methyl sites for hydroxylation is 2. The van der Waals surface area contributed by atoms with Gasteiger partial charge in [0.15, 0.2) is 0 Å². The van der Waals surface area contributed by atoms with Gasteiger partial charge in [-0.05, 0) is 49.1 Å². The maximum Gasteiger partial charge on any atom is 0.101 e. The molecule has 1 aliphatic carbocycles. The van der Waals surface area contributed by atoms with Gasteiger partial charge in [-0.3, -0.25) is 0 Å². The zero-order chi connectivity index (χ0) is 14.8. The SMILES string of the molecule is Cc1ccc2c(c1)C(Nc1ccc(C#N)c(C#N)c1)CC2. The topological polar surface area (TPSA) is 59.6 Å². The Morgan fingerprint density at radius 1 is 1.05 bits per heavy atom. The van der Waals surface area contributed by atoms with Crippen molar-refractivity contribution in [2.45, 2.75) is 25.8 Å². The van der Waals surface area contributed by atoms with Gasteiger partial charge in [-0.15, -0.1) is 0 Å². The van der Waals surface area contributed by atoms with Gasteiger partial charge in [-0.2, -0.15) is 10.5 Å². The van der Waals surface area contributed by atoms with Gasteiger partial charge in [-0.1, -0.05) is 23.8 Å². The Kier molecular flexibility index (Phi) is 3.34. The number of hydrogen-bond donors (Lipinski definition) is 1. The molecule has 0 heterocycles. The molecule has 0 amide bonds. The van der Waals surface area contributed by atoms with Crippen molar-refractivity contribution in [3.63, 3.8) is 0 Å². The van der Waals surface area contributed by atoms with Crippen LogP contribution in [0.15, 0.2) is 36.4 Å². The lowest BCUT2D eigenvalue weighted by molar-refractivity contribution is 0.762. The van der Waals surface area contributed by atoms with E-state index in [0.717, 1.165) is 18.5 Å². The number of fused-ring (bicyclic) bond motifs is 1. The van der Waals surface area contributed by atoms with Crippen molar-refractivity contribution in [2.24, 2.45) is 0 Å². The maximum absolute atomic E-state index is 9.10. The lowest BCUT2D eigenvalue weighted by atomic mass is 10.0. The predicted molar refractivity (Wildman–Crippen MR) is 81.7 cm³/mol. The molecule has 1 N–H and O–H groups in total.